The summed E-state index contributed by atoms with van der Waals surface area (Å²) in [5.41, 5.74) is 1.48. The number of carbonyl (C=O) groups is 2. The van der Waals surface area contributed by atoms with Crippen molar-refractivity contribution in [2.45, 2.75) is 12.6 Å². The summed E-state index contributed by atoms with van der Waals surface area (Å²) in [4.78, 5) is 27.9. The van der Waals surface area contributed by atoms with Crippen LogP contribution in [0.2, 0.25) is 5.02 Å². The number of hydrogen-bond donors (Lipinski definition) is 2. The maximum absolute atomic E-state index is 13.3. The molecule has 0 aliphatic heterocycles. The highest BCUT2D eigenvalue weighted by Crippen LogP contribution is 2.25. The molecule has 0 aliphatic carbocycles. The lowest BCUT2D eigenvalue weighted by molar-refractivity contribution is -0.143. The molecule has 3 rings (SSSR count). The first-order valence-electron chi connectivity index (χ1n) is 10.2. The van der Waals surface area contributed by atoms with Crippen LogP contribution in [-0.2, 0) is 16.1 Å². The summed E-state index contributed by atoms with van der Waals surface area (Å²) in [6.07, 6.45) is 0. The fourth-order valence-corrected chi connectivity index (χ4v) is 3.36. The van der Waals surface area contributed by atoms with Crippen molar-refractivity contribution in [2.75, 3.05) is 19.8 Å². The number of aliphatic hydroxyl groups is 1. The lowest BCUT2D eigenvalue weighted by atomic mass is 10.0. The van der Waals surface area contributed by atoms with E-state index in [4.69, 9.17) is 21.4 Å². The molecule has 0 unspecified atom stereocenters. The van der Waals surface area contributed by atoms with Crippen LogP contribution in [0.5, 0.6) is 5.75 Å². The summed E-state index contributed by atoms with van der Waals surface area (Å²) in [6, 6.07) is 24.3. The van der Waals surface area contributed by atoms with Crippen molar-refractivity contribution in [1.82, 2.24) is 10.2 Å². The highest BCUT2D eigenvalue weighted by atomic mass is 35.5. The fourth-order valence-electron chi connectivity index (χ4n) is 3.24. The van der Waals surface area contributed by atoms with Crippen molar-refractivity contribution in [3.63, 3.8) is 0 Å². The van der Waals surface area contributed by atoms with Crippen molar-refractivity contribution in [3.05, 3.63) is 101 Å². The van der Waals surface area contributed by atoms with Crippen LogP contribution in [0.3, 0.4) is 0 Å². The molecule has 0 saturated heterocycles. The van der Waals surface area contributed by atoms with Gasteiger partial charge in [0, 0.05) is 18.1 Å². The Hall–Kier alpha value is -3.35. The van der Waals surface area contributed by atoms with Crippen LogP contribution in [0.4, 0.5) is 0 Å². The number of amides is 2. The van der Waals surface area contributed by atoms with Crippen LogP contribution in [-0.4, -0.2) is 41.6 Å². The van der Waals surface area contributed by atoms with Gasteiger partial charge < -0.3 is 20.1 Å². The number of ether oxygens (including phenoxy) is 1. The van der Waals surface area contributed by atoms with E-state index in [9.17, 15) is 9.59 Å². The first kappa shape index (κ1) is 23.3. The fraction of sp³-hybridized carbons (Fsp3) is 0.200. The van der Waals surface area contributed by atoms with Crippen molar-refractivity contribution in [2.24, 2.45) is 0 Å². The van der Waals surface area contributed by atoms with E-state index in [-0.39, 0.29) is 38.1 Å². The van der Waals surface area contributed by atoms with Gasteiger partial charge in [-0.25, -0.2) is 0 Å². The molecule has 0 bridgehead atoms. The van der Waals surface area contributed by atoms with Gasteiger partial charge >= 0.3 is 0 Å². The van der Waals surface area contributed by atoms with Gasteiger partial charge in [-0.15, -0.1) is 0 Å². The van der Waals surface area contributed by atoms with E-state index >= 15 is 0 Å². The summed E-state index contributed by atoms with van der Waals surface area (Å²) in [5, 5.41) is 12.4. The molecule has 0 aliphatic rings. The Labute approximate surface area is 192 Å². The molecule has 3 aromatic rings. The molecule has 1 atom stereocenters. The first-order valence-corrected chi connectivity index (χ1v) is 10.6. The molecular formula is C25H25ClN2O4. The van der Waals surface area contributed by atoms with E-state index in [1.54, 1.807) is 36.4 Å². The third-order valence-electron chi connectivity index (χ3n) is 4.78. The summed E-state index contributed by atoms with van der Waals surface area (Å²) >= 11 is 6.01. The van der Waals surface area contributed by atoms with E-state index < -0.39 is 6.04 Å². The van der Waals surface area contributed by atoms with Crippen molar-refractivity contribution in [3.8, 4) is 5.75 Å². The normalized spacial score (nSPS) is 11.4. The summed E-state index contributed by atoms with van der Waals surface area (Å²) in [6.45, 7) is -0.157. The zero-order valence-electron chi connectivity index (χ0n) is 17.5. The Morgan fingerprint density at radius 3 is 2.19 bits per heavy atom. The van der Waals surface area contributed by atoms with Gasteiger partial charge in [-0.3, -0.25) is 9.59 Å². The van der Waals surface area contributed by atoms with E-state index in [0.29, 0.717) is 16.3 Å². The Balaban J connectivity index is 1.91. The molecule has 32 heavy (non-hydrogen) atoms. The van der Waals surface area contributed by atoms with Gasteiger partial charge in [0.1, 0.15) is 11.8 Å². The van der Waals surface area contributed by atoms with Gasteiger partial charge in [0.25, 0.3) is 5.91 Å². The molecule has 2 N–H and O–H groups in total. The van der Waals surface area contributed by atoms with Crippen LogP contribution in [0.1, 0.15) is 17.2 Å². The number of rotatable bonds is 10. The van der Waals surface area contributed by atoms with E-state index in [0.717, 1.165) is 5.56 Å². The number of para-hydroxylation sites is 1. The lowest BCUT2D eigenvalue weighted by Crippen LogP contribution is -2.45. The zero-order chi connectivity index (χ0) is 22.8. The number of nitrogens with one attached hydrogen (secondary N) is 1. The van der Waals surface area contributed by atoms with Crippen LogP contribution < -0.4 is 10.1 Å². The first-order chi connectivity index (χ1) is 15.6. The van der Waals surface area contributed by atoms with Crippen LogP contribution in [0, 0.1) is 0 Å². The molecule has 3 aromatic carbocycles. The third kappa shape index (κ3) is 6.57. The average Bonchev–Trinajstić information content (AvgIpc) is 2.83. The molecule has 2 amide bonds. The van der Waals surface area contributed by atoms with E-state index in [1.165, 1.54) is 4.90 Å². The molecule has 0 radical (unpaired) electrons. The number of halogens is 1. The molecule has 0 aromatic heterocycles. The second-order valence-electron chi connectivity index (χ2n) is 7.08. The number of carbonyl (C=O) groups excluding carboxylic acids is 2. The maximum Gasteiger partial charge on any atom is 0.261 e. The highest BCUT2D eigenvalue weighted by Gasteiger charge is 2.31. The Morgan fingerprint density at radius 1 is 0.938 bits per heavy atom. The smallest absolute Gasteiger partial charge is 0.261 e. The Morgan fingerprint density at radius 2 is 1.56 bits per heavy atom. The average molecular weight is 453 g/mol. The number of aliphatic hydroxyl groups excluding tert-OH is 1. The summed E-state index contributed by atoms with van der Waals surface area (Å²) in [7, 11) is 0. The minimum atomic E-state index is -0.898. The standard InChI is InChI=1S/C25H25ClN2O4/c26-21-13-11-19(12-14-21)17-28(23(30)18-32-22-9-5-2-6-10-22)24(25(31)27-15-16-29)20-7-3-1-4-8-20/h1-14,24,29H,15-18H2,(H,27,31)/t24-/m1/s1. The molecular weight excluding hydrogens is 428 g/mol. The summed E-state index contributed by atoms with van der Waals surface area (Å²) < 4.78 is 5.67. The second-order valence-corrected chi connectivity index (χ2v) is 7.51. The minimum absolute atomic E-state index is 0.0889. The quantitative estimate of drug-likeness (QED) is 0.492. The largest absolute Gasteiger partial charge is 0.484 e. The third-order valence-corrected chi connectivity index (χ3v) is 5.03. The summed E-state index contributed by atoms with van der Waals surface area (Å²) in [5.74, 6) is -0.169. The topological polar surface area (TPSA) is 78.9 Å². The van der Waals surface area contributed by atoms with Crippen molar-refractivity contribution >= 4 is 23.4 Å². The Bertz CT molecular complexity index is 997. The second kappa shape index (κ2) is 11.9. The van der Waals surface area contributed by atoms with Crippen LogP contribution in [0.25, 0.3) is 0 Å². The van der Waals surface area contributed by atoms with Gasteiger partial charge in [-0.1, -0.05) is 72.3 Å². The van der Waals surface area contributed by atoms with Crippen molar-refractivity contribution < 1.29 is 19.4 Å². The number of benzene rings is 3. The van der Waals surface area contributed by atoms with Crippen molar-refractivity contribution in [1.29, 1.82) is 0 Å². The molecule has 0 saturated carbocycles. The molecule has 6 nitrogen and oxygen atoms in total. The molecule has 0 heterocycles. The molecule has 7 heteroatoms. The zero-order valence-corrected chi connectivity index (χ0v) is 18.2. The maximum atomic E-state index is 13.3. The van der Waals surface area contributed by atoms with Crippen LogP contribution in [0.15, 0.2) is 84.9 Å². The van der Waals surface area contributed by atoms with Gasteiger partial charge in [0.05, 0.1) is 6.61 Å². The van der Waals surface area contributed by atoms with Gasteiger partial charge in [-0.2, -0.15) is 0 Å². The van der Waals surface area contributed by atoms with E-state index in [2.05, 4.69) is 5.32 Å². The molecule has 0 fully saturated rings. The lowest BCUT2D eigenvalue weighted by Gasteiger charge is -2.31. The monoisotopic (exact) mass is 452 g/mol. The minimum Gasteiger partial charge on any atom is -0.484 e. The molecule has 166 valence electrons. The van der Waals surface area contributed by atoms with Gasteiger partial charge in [0.2, 0.25) is 5.91 Å². The van der Waals surface area contributed by atoms with E-state index in [1.807, 2.05) is 48.5 Å². The number of hydrogen-bond acceptors (Lipinski definition) is 4. The van der Waals surface area contributed by atoms with Gasteiger partial charge in [0.15, 0.2) is 6.61 Å². The predicted molar refractivity (Wildman–Crippen MR) is 123 cm³/mol. The SMILES string of the molecule is O=C(NCCO)[C@@H](c1ccccc1)N(Cc1ccc(Cl)cc1)C(=O)COc1ccccc1. The Kier molecular flexibility index (Phi) is 8.66. The number of nitrogens with zero attached hydrogens (tertiary/aromatic N) is 1. The van der Waals surface area contributed by atoms with Crippen LogP contribution >= 0.6 is 11.6 Å². The van der Waals surface area contributed by atoms with Gasteiger partial charge in [-0.05, 0) is 35.4 Å². The predicted octanol–water partition coefficient (Wildman–Crippen LogP) is 3.60. The molecule has 0 spiro atoms. The highest BCUT2D eigenvalue weighted by molar-refractivity contribution is 6.30.